The van der Waals surface area contributed by atoms with Gasteiger partial charge in [-0.2, -0.15) is 0 Å². The highest BCUT2D eigenvalue weighted by Gasteiger charge is 2.28. The van der Waals surface area contributed by atoms with Crippen LogP contribution in [0.2, 0.25) is 0 Å². The van der Waals surface area contributed by atoms with Gasteiger partial charge in [-0.05, 0) is 37.5 Å². The molecule has 4 nitrogen and oxygen atoms in total. The maximum atomic E-state index is 11.4. The Kier molecular flexibility index (Phi) is 5.23. The molecule has 1 N–H and O–H groups in total. The summed E-state index contributed by atoms with van der Waals surface area (Å²) in [5, 5.41) is 9.36. The number of aryl methyl sites for hydroxylation is 1. The van der Waals surface area contributed by atoms with Gasteiger partial charge >= 0.3 is 5.97 Å². The largest absolute Gasteiger partial charge is 0.480 e. The van der Waals surface area contributed by atoms with Crippen LogP contribution in [0.1, 0.15) is 30.9 Å². The Morgan fingerprint density at radius 1 is 1.24 bits per heavy atom. The summed E-state index contributed by atoms with van der Waals surface area (Å²) in [6, 6.07) is 6.08. The number of nitrogens with zero attached hydrogens (tertiary/aromatic N) is 2. The summed E-state index contributed by atoms with van der Waals surface area (Å²) in [6.45, 7) is 9.79. The van der Waals surface area contributed by atoms with Gasteiger partial charge in [-0.15, -0.1) is 0 Å². The van der Waals surface area contributed by atoms with Crippen molar-refractivity contribution in [1.29, 1.82) is 0 Å². The molecule has 116 valence electrons. The number of carbonyl (C=O) groups is 1. The molecule has 0 spiro atoms. The second-order valence-electron chi connectivity index (χ2n) is 5.88. The Morgan fingerprint density at radius 2 is 1.90 bits per heavy atom. The molecule has 1 saturated heterocycles. The second-order valence-corrected chi connectivity index (χ2v) is 5.88. The minimum Gasteiger partial charge on any atom is -0.480 e. The first-order valence-corrected chi connectivity index (χ1v) is 7.82. The maximum Gasteiger partial charge on any atom is 0.320 e. The van der Waals surface area contributed by atoms with E-state index in [1.807, 2.05) is 6.92 Å². The van der Waals surface area contributed by atoms with E-state index >= 15 is 0 Å². The lowest BCUT2D eigenvalue weighted by molar-refractivity contribution is -0.143. The van der Waals surface area contributed by atoms with Crippen molar-refractivity contribution in [2.75, 3.05) is 31.1 Å². The van der Waals surface area contributed by atoms with Crippen molar-refractivity contribution in [2.45, 2.75) is 39.7 Å². The number of carboxylic acids is 1. The van der Waals surface area contributed by atoms with Crippen molar-refractivity contribution in [1.82, 2.24) is 4.90 Å². The van der Waals surface area contributed by atoms with Crippen LogP contribution in [0.15, 0.2) is 18.2 Å². The summed E-state index contributed by atoms with van der Waals surface area (Å²) in [6.07, 6.45) is 1.65. The number of carboxylic acid groups (broad SMARTS) is 1. The summed E-state index contributed by atoms with van der Waals surface area (Å²) < 4.78 is 0. The SMILES string of the molecule is CCCC(C(=O)O)N1CCN(c2cccc(C)c2C)CC1. The smallest absolute Gasteiger partial charge is 0.320 e. The molecule has 21 heavy (non-hydrogen) atoms. The van der Waals surface area contributed by atoms with E-state index in [1.54, 1.807) is 0 Å². The number of aliphatic carboxylic acids is 1. The lowest BCUT2D eigenvalue weighted by Gasteiger charge is -2.39. The van der Waals surface area contributed by atoms with Crippen LogP contribution in [-0.2, 0) is 4.79 Å². The van der Waals surface area contributed by atoms with Crippen molar-refractivity contribution in [3.63, 3.8) is 0 Å². The highest BCUT2D eigenvalue weighted by molar-refractivity contribution is 5.73. The first kappa shape index (κ1) is 15.8. The van der Waals surface area contributed by atoms with Crippen molar-refractivity contribution in [2.24, 2.45) is 0 Å². The van der Waals surface area contributed by atoms with Crippen molar-refractivity contribution in [3.05, 3.63) is 29.3 Å². The van der Waals surface area contributed by atoms with E-state index in [0.29, 0.717) is 0 Å². The average molecular weight is 290 g/mol. The summed E-state index contributed by atoms with van der Waals surface area (Å²) in [4.78, 5) is 15.9. The van der Waals surface area contributed by atoms with Gasteiger partial charge in [0.05, 0.1) is 0 Å². The molecule has 2 rings (SSSR count). The summed E-state index contributed by atoms with van der Waals surface area (Å²) in [5.74, 6) is -0.683. The van der Waals surface area contributed by atoms with Gasteiger partial charge in [-0.25, -0.2) is 0 Å². The van der Waals surface area contributed by atoms with Crippen molar-refractivity contribution < 1.29 is 9.90 Å². The van der Waals surface area contributed by atoms with E-state index in [0.717, 1.165) is 39.0 Å². The zero-order chi connectivity index (χ0) is 15.4. The van der Waals surface area contributed by atoms with E-state index in [2.05, 4.69) is 41.8 Å². The van der Waals surface area contributed by atoms with Crippen molar-refractivity contribution in [3.8, 4) is 0 Å². The van der Waals surface area contributed by atoms with Gasteiger partial charge in [0, 0.05) is 31.9 Å². The quantitative estimate of drug-likeness (QED) is 0.905. The molecule has 1 aromatic carbocycles. The molecule has 0 amide bonds. The van der Waals surface area contributed by atoms with Gasteiger partial charge in [0.15, 0.2) is 0 Å². The van der Waals surface area contributed by atoms with Crippen LogP contribution < -0.4 is 4.90 Å². The van der Waals surface area contributed by atoms with E-state index in [1.165, 1.54) is 16.8 Å². The number of anilines is 1. The molecule has 4 heteroatoms. The minimum absolute atomic E-state index is 0.323. The van der Waals surface area contributed by atoms with Crippen LogP contribution in [0.3, 0.4) is 0 Å². The average Bonchev–Trinajstić information content (AvgIpc) is 2.48. The first-order chi connectivity index (χ1) is 10.0. The lowest BCUT2D eigenvalue weighted by Crippen LogP contribution is -2.52. The molecule has 1 aromatic rings. The fourth-order valence-corrected chi connectivity index (χ4v) is 3.09. The molecule has 0 radical (unpaired) electrons. The summed E-state index contributed by atoms with van der Waals surface area (Å²) in [7, 11) is 0. The number of hydrogen-bond acceptors (Lipinski definition) is 3. The van der Waals surface area contributed by atoms with Gasteiger partial charge in [0.25, 0.3) is 0 Å². The Balaban J connectivity index is 2.02. The van der Waals surface area contributed by atoms with Crippen LogP contribution in [0.4, 0.5) is 5.69 Å². The van der Waals surface area contributed by atoms with E-state index in [4.69, 9.17) is 0 Å². The highest BCUT2D eigenvalue weighted by Crippen LogP contribution is 2.24. The van der Waals surface area contributed by atoms with Gasteiger partial charge in [-0.3, -0.25) is 9.69 Å². The third kappa shape index (κ3) is 3.56. The zero-order valence-electron chi connectivity index (χ0n) is 13.3. The summed E-state index contributed by atoms with van der Waals surface area (Å²) >= 11 is 0. The third-order valence-corrected chi connectivity index (χ3v) is 4.52. The molecular weight excluding hydrogens is 264 g/mol. The Hall–Kier alpha value is -1.55. The van der Waals surface area contributed by atoms with Gasteiger partial charge in [0.1, 0.15) is 6.04 Å². The monoisotopic (exact) mass is 290 g/mol. The third-order valence-electron chi connectivity index (χ3n) is 4.52. The normalized spacial score (nSPS) is 17.8. The van der Waals surface area contributed by atoms with Crippen LogP contribution in [0, 0.1) is 13.8 Å². The molecule has 1 aliphatic heterocycles. The molecule has 0 aliphatic carbocycles. The van der Waals surface area contributed by atoms with E-state index in [9.17, 15) is 9.90 Å². The Morgan fingerprint density at radius 3 is 2.48 bits per heavy atom. The van der Waals surface area contributed by atoms with Crippen LogP contribution in [0.5, 0.6) is 0 Å². The van der Waals surface area contributed by atoms with Crippen molar-refractivity contribution >= 4 is 11.7 Å². The number of benzene rings is 1. The highest BCUT2D eigenvalue weighted by atomic mass is 16.4. The molecule has 0 saturated carbocycles. The van der Waals surface area contributed by atoms with Crippen LogP contribution in [0.25, 0.3) is 0 Å². The Bertz CT molecular complexity index is 494. The topological polar surface area (TPSA) is 43.8 Å². The van der Waals surface area contributed by atoms with Gasteiger partial charge < -0.3 is 10.0 Å². The molecule has 1 heterocycles. The standard InChI is InChI=1S/C17H26N2O2/c1-4-6-16(17(20)21)19-11-9-18(10-12-19)15-8-5-7-13(2)14(15)3/h5,7-8,16H,4,6,9-12H2,1-3H3,(H,20,21). The number of hydrogen-bond donors (Lipinski definition) is 1. The number of piperazine rings is 1. The predicted octanol–water partition coefficient (Wildman–Crippen LogP) is 2.68. The zero-order valence-corrected chi connectivity index (χ0v) is 13.3. The van der Waals surface area contributed by atoms with Crippen LogP contribution >= 0.6 is 0 Å². The Labute approximate surface area is 127 Å². The lowest BCUT2D eigenvalue weighted by atomic mass is 10.1. The minimum atomic E-state index is -0.683. The fourth-order valence-electron chi connectivity index (χ4n) is 3.09. The molecule has 0 aromatic heterocycles. The summed E-state index contributed by atoms with van der Waals surface area (Å²) in [5.41, 5.74) is 3.93. The van der Waals surface area contributed by atoms with Crippen LogP contribution in [-0.4, -0.2) is 48.2 Å². The van der Waals surface area contributed by atoms with E-state index in [-0.39, 0.29) is 6.04 Å². The number of rotatable bonds is 5. The molecule has 1 aliphatic rings. The molecule has 1 fully saturated rings. The second kappa shape index (κ2) is 6.94. The predicted molar refractivity (Wildman–Crippen MR) is 86.0 cm³/mol. The van der Waals surface area contributed by atoms with E-state index < -0.39 is 5.97 Å². The molecular formula is C17H26N2O2. The maximum absolute atomic E-state index is 11.4. The molecule has 1 atom stereocenters. The fraction of sp³-hybridized carbons (Fsp3) is 0.588. The molecule has 0 bridgehead atoms. The molecule has 1 unspecified atom stereocenters. The van der Waals surface area contributed by atoms with Gasteiger partial charge in [0.2, 0.25) is 0 Å². The van der Waals surface area contributed by atoms with Gasteiger partial charge in [-0.1, -0.05) is 25.5 Å². The first-order valence-electron chi connectivity index (χ1n) is 7.82.